The molecule has 2 aromatic heterocycles. The molecular weight excluding hydrogens is 532 g/mol. The second-order valence-corrected chi connectivity index (χ2v) is 11.4. The van der Waals surface area contributed by atoms with Crippen LogP contribution < -0.4 is 4.90 Å². The molecule has 4 aromatic rings. The molecule has 12 nitrogen and oxygen atoms in total. The maximum absolute atomic E-state index is 9.19. The van der Waals surface area contributed by atoms with E-state index in [0.717, 1.165) is 43.2 Å². The maximum Gasteiger partial charge on any atom is 0.261 e. The lowest BCUT2D eigenvalue weighted by atomic mass is 9.96. The molecule has 1 aliphatic rings. The van der Waals surface area contributed by atoms with Crippen molar-refractivity contribution in [3.63, 3.8) is 0 Å². The first-order chi connectivity index (χ1) is 17.9. The fraction of sp³-hybridized carbons (Fsp3) is 0.292. The van der Waals surface area contributed by atoms with Gasteiger partial charge in [-0.05, 0) is 11.1 Å². The number of rotatable bonds is 4. The number of aromatic amines is 1. The predicted molar refractivity (Wildman–Crippen MR) is 145 cm³/mol. The van der Waals surface area contributed by atoms with E-state index in [1.165, 1.54) is 11.1 Å². The van der Waals surface area contributed by atoms with Crippen LogP contribution in [-0.2, 0) is 20.2 Å². The third kappa shape index (κ3) is 9.46. The van der Waals surface area contributed by atoms with Crippen molar-refractivity contribution in [1.82, 2.24) is 24.8 Å². The topological polar surface area (TPSA) is 170 Å². The first kappa shape index (κ1) is 29.1. The van der Waals surface area contributed by atoms with Crippen LogP contribution in [0.1, 0.15) is 17.2 Å². The molecule has 0 unspecified atom stereocenters. The van der Waals surface area contributed by atoms with Crippen LogP contribution in [0.25, 0.3) is 11.2 Å². The summed E-state index contributed by atoms with van der Waals surface area (Å²) in [7, 11) is -7.33. The molecule has 14 heteroatoms. The lowest BCUT2D eigenvalue weighted by molar-refractivity contribution is 0.212. The molecule has 0 spiro atoms. The Hall–Kier alpha value is -3.43. The number of fused-ring (bicyclic) bond motifs is 1. The number of piperazine rings is 1. The highest BCUT2D eigenvalue weighted by Crippen LogP contribution is 2.30. The minimum absolute atomic E-state index is 0.266. The SMILES string of the molecule is CS(=O)(=O)O.CS(=O)(=O)O.c1ccc(C(c2ccccc2)N2CCN(c3ncnc4nc[nH]c34)CC2)cc1. The van der Waals surface area contributed by atoms with Gasteiger partial charge in [0.25, 0.3) is 20.2 Å². The van der Waals surface area contributed by atoms with E-state index in [2.05, 4.69) is 90.4 Å². The molecule has 0 amide bonds. The minimum Gasteiger partial charge on any atom is -0.352 e. The number of hydrogen-bond acceptors (Lipinski definition) is 9. The van der Waals surface area contributed by atoms with Gasteiger partial charge in [0.15, 0.2) is 11.5 Å². The molecule has 1 aliphatic heterocycles. The van der Waals surface area contributed by atoms with Gasteiger partial charge in [-0.1, -0.05) is 60.7 Å². The molecule has 3 heterocycles. The Morgan fingerprint density at radius 3 is 1.71 bits per heavy atom. The van der Waals surface area contributed by atoms with E-state index >= 15 is 0 Å². The maximum atomic E-state index is 9.19. The average molecular weight is 563 g/mol. The molecule has 1 saturated heterocycles. The Labute approximate surface area is 221 Å². The van der Waals surface area contributed by atoms with Crippen LogP contribution in [0.2, 0.25) is 0 Å². The van der Waals surface area contributed by atoms with Crippen LogP contribution >= 0.6 is 0 Å². The fourth-order valence-electron chi connectivity index (χ4n) is 4.07. The molecule has 0 atom stereocenters. The number of anilines is 1. The van der Waals surface area contributed by atoms with Crippen molar-refractivity contribution in [2.75, 3.05) is 43.6 Å². The summed E-state index contributed by atoms with van der Waals surface area (Å²) in [5, 5.41) is 0. The fourth-order valence-corrected chi connectivity index (χ4v) is 4.07. The number of benzene rings is 2. The van der Waals surface area contributed by atoms with Gasteiger partial charge in [-0.15, -0.1) is 0 Å². The van der Waals surface area contributed by atoms with Crippen LogP contribution in [0.15, 0.2) is 73.3 Å². The summed E-state index contributed by atoms with van der Waals surface area (Å²) < 4.78 is 51.7. The van der Waals surface area contributed by atoms with Crippen molar-refractivity contribution in [2.45, 2.75) is 6.04 Å². The summed E-state index contributed by atoms with van der Waals surface area (Å²) in [6, 6.07) is 21.8. The van der Waals surface area contributed by atoms with Crippen LogP contribution in [0.4, 0.5) is 5.82 Å². The molecule has 3 N–H and O–H groups in total. The highest BCUT2D eigenvalue weighted by atomic mass is 32.2. The molecule has 0 saturated carbocycles. The Balaban J connectivity index is 0.000000344. The third-order valence-corrected chi connectivity index (χ3v) is 5.41. The highest BCUT2D eigenvalue weighted by molar-refractivity contribution is 7.85. The highest BCUT2D eigenvalue weighted by Gasteiger charge is 2.27. The van der Waals surface area contributed by atoms with Crippen molar-refractivity contribution in [2.24, 2.45) is 0 Å². The van der Waals surface area contributed by atoms with E-state index in [-0.39, 0.29) is 6.04 Å². The zero-order valence-corrected chi connectivity index (χ0v) is 22.5. The normalized spacial score (nSPS) is 14.4. The average Bonchev–Trinajstić information content (AvgIpc) is 3.33. The van der Waals surface area contributed by atoms with Crippen molar-refractivity contribution >= 4 is 37.2 Å². The molecule has 0 bridgehead atoms. The van der Waals surface area contributed by atoms with Crippen molar-refractivity contribution in [3.8, 4) is 0 Å². The molecular formula is C24H30N6O6S2. The summed E-state index contributed by atoms with van der Waals surface area (Å²) in [4.78, 5) is 21.1. The summed E-state index contributed by atoms with van der Waals surface area (Å²) in [6.45, 7) is 3.77. The van der Waals surface area contributed by atoms with Crippen LogP contribution in [0.3, 0.4) is 0 Å². The standard InChI is InChI=1S/C22H22N6.2CH4O3S/c1-3-7-17(8-4-1)20(18-9-5-2-6-10-18)27-11-13-28(14-12-27)22-19-21(24-15-23-19)25-16-26-22;2*1-5(2,3)4/h1-10,15-16,20H,11-14H2,(H,23,24,25,26);2*1H3,(H,2,3,4). The predicted octanol–water partition coefficient (Wildman–Crippen LogP) is 2.27. The van der Waals surface area contributed by atoms with Gasteiger partial charge in [0.1, 0.15) is 11.8 Å². The summed E-state index contributed by atoms with van der Waals surface area (Å²) >= 11 is 0. The first-order valence-corrected chi connectivity index (χ1v) is 15.2. The Morgan fingerprint density at radius 2 is 1.24 bits per heavy atom. The Kier molecular flexibility index (Phi) is 9.88. The number of nitrogens with zero attached hydrogens (tertiary/aromatic N) is 5. The molecule has 2 aromatic carbocycles. The molecule has 1 fully saturated rings. The zero-order chi connectivity index (χ0) is 27.8. The van der Waals surface area contributed by atoms with E-state index in [0.29, 0.717) is 12.5 Å². The Morgan fingerprint density at radius 1 is 0.763 bits per heavy atom. The van der Waals surface area contributed by atoms with Crippen LogP contribution in [0.5, 0.6) is 0 Å². The van der Waals surface area contributed by atoms with Gasteiger partial charge in [0, 0.05) is 26.2 Å². The molecule has 204 valence electrons. The summed E-state index contributed by atoms with van der Waals surface area (Å²) in [6.07, 6.45) is 4.71. The minimum atomic E-state index is -3.67. The number of aromatic nitrogens is 4. The summed E-state index contributed by atoms with van der Waals surface area (Å²) in [5.74, 6) is 0.943. The van der Waals surface area contributed by atoms with Gasteiger partial charge in [0.2, 0.25) is 0 Å². The van der Waals surface area contributed by atoms with Crippen LogP contribution in [0, 0.1) is 0 Å². The van der Waals surface area contributed by atoms with Gasteiger partial charge < -0.3 is 9.88 Å². The lowest BCUT2D eigenvalue weighted by Crippen LogP contribution is -2.48. The van der Waals surface area contributed by atoms with E-state index < -0.39 is 20.2 Å². The number of H-pyrrole nitrogens is 1. The second-order valence-electron chi connectivity index (χ2n) is 8.51. The zero-order valence-electron chi connectivity index (χ0n) is 20.9. The summed E-state index contributed by atoms with van der Waals surface area (Å²) in [5.41, 5.74) is 4.30. The third-order valence-electron chi connectivity index (χ3n) is 5.41. The van der Waals surface area contributed by atoms with Crippen molar-refractivity contribution < 1.29 is 25.9 Å². The van der Waals surface area contributed by atoms with Gasteiger partial charge in [-0.3, -0.25) is 14.0 Å². The molecule has 38 heavy (non-hydrogen) atoms. The first-order valence-electron chi connectivity index (χ1n) is 11.5. The Bertz CT molecular complexity index is 1420. The van der Waals surface area contributed by atoms with Crippen LogP contribution in [-0.4, -0.2) is 89.5 Å². The number of hydrogen-bond donors (Lipinski definition) is 3. The molecule has 5 rings (SSSR count). The molecule has 0 aliphatic carbocycles. The van der Waals surface area contributed by atoms with Crippen molar-refractivity contribution in [1.29, 1.82) is 0 Å². The molecule has 0 radical (unpaired) electrons. The van der Waals surface area contributed by atoms with Gasteiger partial charge in [0.05, 0.1) is 24.9 Å². The van der Waals surface area contributed by atoms with E-state index in [1.54, 1.807) is 12.7 Å². The largest absolute Gasteiger partial charge is 0.352 e. The lowest BCUT2D eigenvalue weighted by Gasteiger charge is -2.40. The number of imidazole rings is 1. The monoisotopic (exact) mass is 562 g/mol. The smallest absolute Gasteiger partial charge is 0.261 e. The van der Waals surface area contributed by atoms with Gasteiger partial charge in [-0.2, -0.15) is 16.8 Å². The number of nitrogens with one attached hydrogen (secondary N) is 1. The quantitative estimate of drug-likeness (QED) is 0.312. The van der Waals surface area contributed by atoms with Gasteiger partial charge in [-0.25, -0.2) is 15.0 Å². The van der Waals surface area contributed by atoms with E-state index in [9.17, 15) is 16.8 Å². The van der Waals surface area contributed by atoms with Gasteiger partial charge >= 0.3 is 0 Å². The van der Waals surface area contributed by atoms with E-state index in [1.807, 2.05) is 0 Å². The van der Waals surface area contributed by atoms with E-state index in [4.69, 9.17) is 9.11 Å². The van der Waals surface area contributed by atoms with Crippen molar-refractivity contribution in [3.05, 3.63) is 84.4 Å². The second kappa shape index (κ2) is 12.9.